The van der Waals surface area contributed by atoms with E-state index in [1.165, 1.54) is 7.11 Å². The molecule has 0 aliphatic carbocycles. The molecular formula is C15H21ClO4. The van der Waals surface area contributed by atoms with E-state index < -0.39 is 5.97 Å². The summed E-state index contributed by atoms with van der Waals surface area (Å²) < 4.78 is 10.5. The van der Waals surface area contributed by atoms with Crippen LogP contribution in [0.4, 0.5) is 0 Å². The van der Waals surface area contributed by atoms with Crippen molar-refractivity contribution in [1.82, 2.24) is 0 Å². The summed E-state index contributed by atoms with van der Waals surface area (Å²) in [4.78, 5) is 11.1. The second-order valence-electron chi connectivity index (χ2n) is 4.67. The predicted molar refractivity (Wildman–Crippen MR) is 79.1 cm³/mol. The van der Waals surface area contributed by atoms with E-state index in [1.807, 2.05) is 0 Å². The molecule has 4 nitrogen and oxygen atoms in total. The Hall–Kier alpha value is -1.42. The lowest BCUT2D eigenvalue weighted by Crippen LogP contribution is -2.08. The summed E-state index contributed by atoms with van der Waals surface area (Å²) in [6, 6.07) is 3.46. The Balaban J connectivity index is 3.16. The molecule has 1 rings (SSSR count). The number of methoxy groups -OCH3 is 2. The molecule has 0 aliphatic heterocycles. The van der Waals surface area contributed by atoms with Gasteiger partial charge in [-0.2, -0.15) is 0 Å². The Morgan fingerprint density at radius 2 is 1.95 bits per heavy atom. The molecule has 0 bridgehead atoms. The molecule has 0 saturated carbocycles. The van der Waals surface area contributed by atoms with Gasteiger partial charge in [0.05, 0.1) is 25.7 Å². The summed E-state index contributed by atoms with van der Waals surface area (Å²) >= 11 is 6.15. The Morgan fingerprint density at radius 3 is 2.45 bits per heavy atom. The van der Waals surface area contributed by atoms with Crippen LogP contribution in [-0.4, -0.2) is 25.3 Å². The second kappa shape index (κ2) is 8.00. The number of ether oxygens (including phenoxy) is 2. The first-order valence-electron chi connectivity index (χ1n) is 6.66. The first-order chi connectivity index (χ1) is 9.53. The third-order valence-electron chi connectivity index (χ3n) is 3.27. The zero-order valence-corrected chi connectivity index (χ0v) is 12.9. The number of benzene rings is 1. The number of halogens is 1. The van der Waals surface area contributed by atoms with Gasteiger partial charge in [-0.15, -0.1) is 0 Å². The molecule has 1 aromatic rings. The Labute approximate surface area is 124 Å². The summed E-state index contributed by atoms with van der Waals surface area (Å²) in [5.41, 5.74) is 0.828. The van der Waals surface area contributed by atoms with E-state index in [4.69, 9.17) is 26.2 Å². The van der Waals surface area contributed by atoms with Gasteiger partial charge in [0.15, 0.2) is 0 Å². The fourth-order valence-electron chi connectivity index (χ4n) is 2.23. The fraction of sp³-hybridized carbons (Fsp3) is 0.533. The molecule has 1 N–H and O–H groups in total. The molecule has 20 heavy (non-hydrogen) atoms. The molecule has 0 fully saturated rings. The number of hydrogen-bond acceptors (Lipinski definition) is 3. The van der Waals surface area contributed by atoms with Gasteiger partial charge < -0.3 is 14.6 Å². The van der Waals surface area contributed by atoms with Crippen LogP contribution in [0.25, 0.3) is 0 Å². The van der Waals surface area contributed by atoms with Crippen LogP contribution in [0.5, 0.6) is 11.5 Å². The van der Waals surface area contributed by atoms with Gasteiger partial charge in [-0.1, -0.05) is 31.4 Å². The highest BCUT2D eigenvalue weighted by atomic mass is 35.5. The van der Waals surface area contributed by atoms with Gasteiger partial charge in [-0.25, -0.2) is 0 Å². The molecule has 1 unspecified atom stereocenters. The Morgan fingerprint density at radius 1 is 1.30 bits per heavy atom. The van der Waals surface area contributed by atoms with Crippen LogP contribution in [-0.2, 0) is 4.79 Å². The van der Waals surface area contributed by atoms with Crippen molar-refractivity contribution in [3.05, 3.63) is 22.7 Å². The minimum absolute atomic E-state index is 0.0685. The van der Waals surface area contributed by atoms with Crippen LogP contribution >= 0.6 is 11.6 Å². The number of carboxylic acid groups (broad SMARTS) is 1. The van der Waals surface area contributed by atoms with Gasteiger partial charge in [0.2, 0.25) is 0 Å². The number of aliphatic carboxylic acids is 1. The molecule has 0 amide bonds. The molecule has 1 atom stereocenters. The van der Waals surface area contributed by atoms with Gasteiger partial charge in [0.25, 0.3) is 0 Å². The number of hydrogen-bond donors (Lipinski definition) is 1. The van der Waals surface area contributed by atoms with E-state index in [0.717, 1.165) is 24.8 Å². The lowest BCUT2D eigenvalue weighted by Gasteiger charge is -2.19. The highest BCUT2D eigenvalue weighted by molar-refractivity contribution is 6.32. The molecule has 0 radical (unpaired) electrons. The standard InChI is InChI=1S/C15H21ClO4/c1-4-5-6-10(7-15(17)18)11-8-12(16)14(20-3)9-13(11)19-2/h8-10H,4-7H2,1-3H3,(H,17,18). The van der Waals surface area contributed by atoms with Crippen LogP contribution < -0.4 is 9.47 Å². The summed E-state index contributed by atoms with van der Waals surface area (Å²) in [5.74, 6) is 0.219. The molecule has 0 heterocycles. The highest BCUT2D eigenvalue weighted by Gasteiger charge is 2.21. The van der Waals surface area contributed by atoms with Gasteiger partial charge in [0.1, 0.15) is 11.5 Å². The summed E-state index contributed by atoms with van der Waals surface area (Å²) in [5, 5.41) is 9.55. The molecular weight excluding hydrogens is 280 g/mol. The van der Waals surface area contributed by atoms with Gasteiger partial charge >= 0.3 is 5.97 Å². The van der Waals surface area contributed by atoms with Crippen molar-refractivity contribution in [3.8, 4) is 11.5 Å². The number of carbonyl (C=O) groups is 1. The third-order valence-corrected chi connectivity index (χ3v) is 3.57. The maximum atomic E-state index is 11.1. The van der Waals surface area contributed by atoms with Crippen molar-refractivity contribution in [2.75, 3.05) is 14.2 Å². The highest BCUT2D eigenvalue weighted by Crippen LogP contribution is 2.39. The van der Waals surface area contributed by atoms with E-state index in [-0.39, 0.29) is 12.3 Å². The van der Waals surface area contributed by atoms with Crippen LogP contribution in [0.3, 0.4) is 0 Å². The topological polar surface area (TPSA) is 55.8 Å². The van der Waals surface area contributed by atoms with E-state index in [9.17, 15) is 4.79 Å². The van der Waals surface area contributed by atoms with Crippen LogP contribution in [0.15, 0.2) is 12.1 Å². The van der Waals surface area contributed by atoms with Crippen molar-refractivity contribution < 1.29 is 19.4 Å². The van der Waals surface area contributed by atoms with E-state index in [0.29, 0.717) is 16.5 Å². The van der Waals surface area contributed by atoms with E-state index in [2.05, 4.69) is 6.92 Å². The molecule has 0 saturated heterocycles. The van der Waals surface area contributed by atoms with Crippen LogP contribution in [0.2, 0.25) is 5.02 Å². The summed E-state index contributed by atoms with van der Waals surface area (Å²) in [7, 11) is 3.09. The largest absolute Gasteiger partial charge is 0.496 e. The maximum Gasteiger partial charge on any atom is 0.303 e. The molecule has 1 aromatic carbocycles. The second-order valence-corrected chi connectivity index (χ2v) is 5.07. The van der Waals surface area contributed by atoms with Gasteiger partial charge in [-0.05, 0) is 24.0 Å². The average molecular weight is 301 g/mol. The fourth-order valence-corrected chi connectivity index (χ4v) is 2.48. The molecule has 112 valence electrons. The lowest BCUT2D eigenvalue weighted by atomic mass is 9.90. The lowest BCUT2D eigenvalue weighted by molar-refractivity contribution is -0.137. The molecule has 5 heteroatoms. The minimum Gasteiger partial charge on any atom is -0.496 e. The first-order valence-corrected chi connectivity index (χ1v) is 7.04. The van der Waals surface area contributed by atoms with E-state index in [1.54, 1.807) is 19.2 Å². The van der Waals surface area contributed by atoms with Crippen LogP contribution in [0, 0.1) is 0 Å². The summed E-state index contributed by atoms with van der Waals surface area (Å²) in [6.07, 6.45) is 2.84. The normalized spacial score (nSPS) is 12.0. The third kappa shape index (κ3) is 4.30. The van der Waals surface area contributed by atoms with Crippen molar-refractivity contribution in [3.63, 3.8) is 0 Å². The number of rotatable bonds is 8. The monoisotopic (exact) mass is 300 g/mol. The van der Waals surface area contributed by atoms with Crippen molar-refractivity contribution >= 4 is 17.6 Å². The molecule has 0 spiro atoms. The van der Waals surface area contributed by atoms with Crippen molar-refractivity contribution in [2.45, 2.75) is 38.5 Å². The zero-order chi connectivity index (χ0) is 15.1. The average Bonchev–Trinajstić information content (AvgIpc) is 2.42. The van der Waals surface area contributed by atoms with Crippen molar-refractivity contribution in [1.29, 1.82) is 0 Å². The Bertz CT molecular complexity index is 459. The molecule has 0 aromatic heterocycles. The minimum atomic E-state index is -0.819. The van der Waals surface area contributed by atoms with Crippen LogP contribution in [0.1, 0.15) is 44.1 Å². The Kier molecular flexibility index (Phi) is 6.65. The first kappa shape index (κ1) is 16.6. The van der Waals surface area contributed by atoms with Gasteiger partial charge in [0, 0.05) is 6.07 Å². The van der Waals surface area contributed by atoms with Crippen molar-refractivity contribution in [2.24, 2.45) is 0 Å². The van der Waals surface area contributed by atoms with Gasteiger partial charge in [-0.3, -0.25) is 4.79 Å². The predicted octanol–water partition coefficient (Wildman–Crippen LogP) is 4.11. The smallest absolute Gasteiger partial charge is 0.303 e. The quantitative estimate of drug-likeness (QED) is 0.785. The summed E-state index contributed by atoms with van der Waals surface area (Å²) in [6.45, 7) is 2.08. The maximum absolute atomic E-state index is 11.1. The number of unbranched alkanes of at least 4 members (excludes halogenated alkanes) is 1. The molecule has 0 aliphatic rings. The SMILES string of the molecule is CCCCC(CC(=O)O)c1cc(Cl)c(OC)cc1OC. The van der Waals surface area contributed by atoms with E-state index >= 15 is 0 Å². The zero-order valence-electron chi connectivity index (χ0n) is 12.1. The number of carboxylic acids is 1.